The number of halogens is 1. The summed E-state index contributed by atoms with van der Waals surface area (Å²) >= 11 is 1.57. The van der Waals surface area contributed by atoms with Gasteiger partial charge < -0.3 is 10.6 Å². The highest BCUT2D eigenvalue weighted by atomic mass is 32.1. The number of hydrogen-bond donors (Lipinski definition) is 1. The van der Waals surface area contributed by atoms with Gasteiger partial charge in [-0.2, -0.15) is 0 Å². The standard InChI is InChI=1S/C15H14FN3S/c1-2-19(11-5-3-10(16)4-6-11)12-7-8-13-15(14(12)17)18-9-20-13/h3-9H,2,17H2,1H3. The fraction of sp³-hybridized carbons (Fsp3) is 0.133. The van der Waals surface area contributed by atoms with Crippen molar-refractivity contribution in [3.05, 3.63) is 47.7 Å². The van der Waals surface area contributed by atoms with E-state index in [9.17, 15) is 4.39 Å². The first kappa shape index (κ1) is 12.9. The van der Waals surface area contributed by atoms with Crippen LogP contribution in [-0.4, -0.2) is 11.5 Å². The molecule has 20 heavy (non-hydrogen) atoms. The Balaban J connectivity index is 2.11. The van der Waals surface area contributed by atoms with Crippen molar-refractivity contribution >= 4 is 38.6 Å². The smallest absolute Gasteiger partial charge is 0.123 e. The molecule has 3 aromatic rings. The van der Waals surface area contributed by atoms with Gasteiger partial charge in [0.05, 0.1) is 21.6 Å². The van der Waals surface area contributed by atoms with Gasteiger partial charge in [-0.3, -0.25) is 0 Å². The molecule has 5 heteroatoms. The van der Waals surface area contributed by atoms with E-state index >= 15 is 0 Å². The van der Waals surface area contributed by atoms with E-state index in [1.807, 2.05) is 24.0 Å². The number of benzene rings is 2. The van der Waals surface area contributed by atoms with Gasteiger partial charge >= 0.3 is 0 Å². The van der Waals surface area contributed by atoms with Crippen LogP contribution in [-0.2, 0) is 0 Å². The Morgan fingerprint density at radius 2 is 1.95 bits per heavy atom. The molecule has 3 rings (SSSR count). The predicted octanol–water partition coefficient (Wildman–Crippen LogP) is 4.18. The molecule has 2 aromatic carbocycles. The first-order chi connectivity index (χ1) is 9.70. The van der Waals surface area contributed by atoms with Gasteiger partial charge in [0.15, 0.2) is 0 Å². The Morgan fingerprint density at radius 1 is 1.20 bits per heavy atom. The number of nitrogen functional groups attached to an aromatic ring is 1. The molecule has 0 aliphatic rings. The van der Waals surface area contributed by atoms with Crippen molar-refractivity contribution in [3.63, 3.8) is 0 Å². The van der Waals surface area contributed by atoms with Crippen molar-refractivity contribution in [2.75, 3.05) is 17.2 Å². The van der Waals surface area contributed by atoms with Gasteiger partial charge in [0.25, 0.3) is 0 Å². The minimum Gasteiger partial charge on any atom is -0.395 e. The van der Waals surface area contributed by atoms with Gasteiger partial charge in [-0.1, -0.05) is 0 Å². The van der Waals surface area contributed by atoms with Crippen LogP contribution in [0.3, 0.4) is 0 Å². The Morgan fingerprint density at radius 3 is 2.65 bits per heavy atom. The molecule has 1 heterocycles. The van der Waals surface area contributed by atoms with E-state index in [1.54, 1.807) is 29.0 Å². The molecule has 0 saturated carbocycles. The van der Waals surface area contributed by atoms with Crippen LogP contribution in [0.15, 0.2) is 41.9 Å². The summed E-state index contributed by atoms with van der Waals surface area (Å²) in [6, 6.07) is 10.4. The van der Waals surface area contributed by atoms with Crippen molar-refractivity contribution in [1.29, 1.82) is 0 Å². The summed E-state index contributed by atoms with van der Waals surface area (Å²) in [6.07, 6.45) is 0. The second-order valence-electron chi connectivity index (χ2n) is 4.42. The van der Waals surface area contributed by atoms with E-state index in [1.165, 1.54) is 12.1 Å². The van der Waals surface area contributed by atoms with Crippen LogP contribution < -0.4 is 10.6 Å². The van der Waals surface area contributed by atoms with Crippen LogP contribution in [0.1, 0.15) is 6.92 Å². The van der Waals surface area contributed by atoms with Crippen LogP contribution in [0.25, 0.3) is 10.2 Å². The number of rotatable bonds is 3. The Kier molecular flexibility index (Phi) is 3.28. The number of nitrogens with two attached hydrogens (primary N) is 1. The predicted molar refractivity (Wildman–Crippen MR) is 83.1 cm³/mol. The molecular formula is C15H14FN3S. The minimum atomic E-state index is -0.243. The third-order valence-corrected chi connectivity index (χ3v) is 4.06. The maximum absolute atomic E-state index is 13.1. The molecular weight excluding hydrogens is 273 g/mol. The third-order valence-electron chi connectivity index (χ3n) is 3.26. The van der Waals surface area contributed by atoms with Crippen molar-refractivity contribution < 1.29 is 4.39 Å². The van der Waals surface area contributed by atoms with Gasteiger partial charge in [-0.25, -0.2) is 9.37 Å². The lowest BCUT2D eigenvalue weighted by Gasteiger charge is -2.24. The largest absolute Gasteiger partial charge is 0.395 e. The Labute approximate surface area is 120 Å². The van der Waals surface area contributed by atoms with E-state index < -0.39 is 0 Å². The summed E-state index contributed by atoms with van der Waals surface area (Å²) in [5, 5.41) is 0. The highest BCUT2D eigenvalue weighted by molar-refractivity contribution is 7.16. The molecule has 0 fully saturated rings. The molecule has 1 aromatic heterocycles. The third kappa shape index (κ3) is 2.10. The van der Waals surface area contributed by atoms with E-state index in [0.717, 1.165) is 28.1 Å². The van der Waals surface area contributed by atoms with E-state index in [-0.39, 0.29) is 5.82 Å². The molecule has 2 N–H and O–H groups in total. The maximum atomic E-state index is 13.1. The quantitative estimate of drug-likeness (QED) is 0.735. The first-order valence-corrected chi connectivity index (χ1v) is 7.23. The molecule has 102 valence electrons. The van der Waals surface area contributed by atoms with Crippen LogP contribution in [0.2, 0.25) is 0 Å². The molecule has 3 nitrogen and oxygen atoms in total. The summed E-state index contributed by atoms with van der Waals surface area (Å²) < 4.78 is 14.1. The normalized spacial score (nSPS) is 10.9. The average Bonchev–Trinajstić information content (AvgIpc) is 2.93. The van der Waals surface area contributed by atoms with E-state index in [4.69, 9.17) is 5.73 Å². The van der Waals surface area contributed by atoms with Crippen LogP contribution >= 0.6 is 11.3 Å². The highest BCUT2D eigenvalue weighted by Gasteiger charge is 2.14. The van der Waals surface area contributed by atoms with Gasteiger partial charge in [0.2, 0.25) is 0 Å². The minimum absolute atomic E-state index is 0.243. The van der Waals surface area contributed by atoms with E-state index in [0.29, 0.717) is 5.69 Å². The molecule has 0 atom stereocenters. The first-order valence-electron chi connectivity index (χ1n) is 6.35. The van der Waals surface area contributed by atoms with Crippen molar-refractivity contribution in [3.8, 4) is 0 Å². The summed E-state index contributed by atoms with van der Waals surface area (Å²) in [7, 11) is 0. The van der Waals surface area contributed by atoms with Crippen LogP contribution in [0, 0.1) is 5.82 Å². The summed E-state index contributed by atoms with van der Waals surface area (Å²) in [4.78, 5) is 6.36. The molecule has 0 amide bonds. The van der Waals surface area contributed by atoms with Gasteiger partial charge in [0.1, 0.15) is 11.3 Å². The number of hydrogen-bond acceptors (Lipinski definition) is 4. The monoisotopic (exact) mass is 287 g/mol. The molecule has 0 aliphatic heterocycles. The zero-order valence-corrected chi connectivity index (χ0v) is 11.8. The molecule has 0 unspecified atom stereocenters. The number of nitrogens with zero attached hydrogens (tertiary/aromatic N) is 2. The van der Waals surface area contributed by atoms with Crippen LogP contribution in [0.4, 0.5) is 21.5 Å². The van der Waals surface area contributed by atoms with Crippen molar-refractivity contribution in [2.24, 2.45) is 0 Å². The molecule has 0 saturated heterocycles. The Bertz CT molecular complexity index is 736. The summed E-state index contributed by atoms with van der Waals surface area (Å²) in [5.41, 5.74) is 11.3. The lowest BCUT2D eigenvalue weighted by Crippen LogP contribution is -2.17. The molecule has 0 aliphatic carbocycles. The second-order valence-corrected chi connectivity index (χ2v) is 5.30. The maximum Gasteiger partial charge on any atom is 0.123 e. The highest BCUT2D eigenvalue weighted by Crippen LogP contribution is 2.35. The lowest BCUT2D eigenvalue weighted by molar-refractivity contribution is 0.628. The van der Waals surface area contributed by atoms with Crippen molar-refractivity contribution in [2.45, 2.75) is 6.92 Å². The van der Waals surface area contributed by atoms with Gasteiger partial charge in [-0.05, 0) is 43.3 Å². The lowest BCUT2D eigenvalue weighted by atomic mass is 10.2. The zero-order valence-electron chi connectivity index (χ0n) is 11.0. The number of aromatic nitrogens is 1. The summed E-state index contributed by atoms with van der Waals surface area (Å²) in [6.45, 7) is 2.78. The second kappa shape index (κ2) is 5.09. The van der Waals surface area contributed by atoms with Gasteiger partial charge in [-0.15, -0.1) is 11.3 Å². The fourth-order valence-electron chi connectivity index (χ4n) is 2.29. The van der Waals surface area contributed by atoms with E-state index in [2.05, 4.69) is 4.98 Å². The Hall–Kier alpha value is -2.14. The number of anilines is 3. The average molecular weight is 287 g/mol. The van der Waals surface area contributed by atoms with Gasteiger partial charge in [0, 0.05) is 12.2 Å². The molecule has 0 radical (unpaired) electrons. The number of fused-ring (bicyclic) bond motifs is 1. The molecule has 0 spiro atoms. The molecule has 0 bridgehead atoms. The van der Waals surface area contributed by atoms with Crippen molar-refractivity contribution in [1.82, 2.24) is 4.98 Å². The van der Waals surface area contributed by atoms with Crippen LogP contribution in [0.5, 0.6) is 0 Å². The summed E-state index contributed by atoms with van der Waals surface area (Å²) in [5.74, 6) is -0.243. The fourth-order valence-corrected chi connectivity index (χ4v) is 2.98. The zero-order chi connectivity index (χ0) is 14.1. The SMILES string of the molecule is CCN(c1ccc(F)cc1)c1ccc2scnc2c1N. The topological polar surface area (TPSA) is 42.2 Å². The number of thiazole rings is 1.